The smallest absolute Gasteiger partial charge is 0.430 e. The normalized spacial score (nSPS) is 24.3. The number of cyclic esters (lactones) is 2. The van der Waals surface area contributed by atoms with Crippen molar-refractivity contribution in [1.29, 1.82) is 0 Å². The van der Waals surface area contributed by atoms with Crippen LogP contribution in [0.25, 0.3) is 0 Å². The summed E-state index contributed by atoms with van der Waals surface area (Å²) in [5.41, 5.74) is 0. The highest BCUT2D eigenvalue weighted by molar-refractivity contribution is 7.39. The summed E-state index contributed by atoms with van der Waals surface area (Å²) in [6.07, 6.45) is 0.681. The maximum atomic E-state index is 11.1. The minimum atomic E-state index is -2.35. The Kier molecular flexibility index (Phi) is 3.31. The van der Waals surface area contributed by atoms with Crippen LogP contribution in [-0.4, -0.2) is 25.2 Å². The first-order valence-corrected chi connectivity index (χ1v) is 4.74. The summed E-state index contributed by atoms with van der Waals surface area (Å²) < 4.78 is 24.9. The van der Waals surface area contributed by atoms with Crippen molar-refractivity contribution in [3.63, 3.8) is 0 Å². The molecule has 12 heavy (non-hydrogen) atoms. The van der Waals surface area contributed by atoms with Crippen LogP contribution in [0.5, 0.6) is 0 Å². The number of ether oxygens (including phenoxy) is 2. The van der Waals surface area contributed by atoms with Crippen molar-refractivity contribution in [2.45, 2.75) is 5.85 Å². The van der Waals surface area contributed by atoms with Gasteiger partial charge in [-0.1, -0.05) is 6.08 Å². The second-order valence-corrected chi connectivity index (χ2v) is 3.66. The van der Waals surface area contributed by atoms with Gasteiger partial charge in [-0.15, -0.1) is 6.58 Å². The van der Waals surface area contributed by atoms with Crippen LogP contribution < -0.4 is 0 Å². The average Bonchev–Trinajstić information content (AvgIpc) is 2.47. The van der Waals surface area contributed by atoms with Crippen molar-refractivity contribution in [2.75, 3.05) is 13.2 Å². The molecule has 1 rings (SSSR count). The van der Waals surface area contributed by atoms with E-state index in [1.807, 2.05) is 0 Å². The van der Waals surface area contributed by atoms with E-state index in [0.717, 1.165) is 0 Å². The molecule has 1 aliphatic rings. The van der Waals surface area contributed by atoms with Crippen LogP contribution in [0.3, 0.4) is 0 Å². The third-order valence-corrected chi connectivity index (χ3v) is 2.46. The number of hydrogen-bond donors (Lipinski definition) is 0. The summed E-state index contributed by atoms with van der Waals surface area (Å²) in [5, 5.41) is 0. The van der Waals surface area contributed by atoms with Crippen LogP contribution in [0.15, 0.2) is 12.7 Å². The van der Waals surface area contributed by atoms with E-state index in [9.17, 15) is 9.36 Å². The molecule has 0 aromatic rings. The molecule has 0 aromatic heterocycles. The van der Waals surface area contributed by atoms with Gasteiger partial charge in [-0.3, -0.25) is 4.57 Å². The topological polar surface area (TPSA) is 61.8 Å². The molecule has 1 saturated heterocycles. The van der Waals surface area contributed by atoms with E-state index in [1.54, 1.807) is 0 Å². The Morgan fingerprint density at radius 1 is 1.83 bits per heavy atom. The van der Waals surface area contributed by atoms with Gasteiger partial charge >= 0.3 is 6.16 Å². The Bertz CT molecular complexity index is 214. The van der Waals surface area contributed by atoms with Crippen LogP contribution in [0, 0.1) is 0 Å². The molecular weight excluding hydrogens is 183 g/mol. The SMILES string of the molecule is C=CCO[PH](=O)C1COC(=O)O1. The van der Waals surface area contributed by atoms with E-state index in [-0.39, 0.29) is 13.2 Å². The maximum Gasteiger partial charge on any atom is 0.509 e. The number of carbonyl (C=O) groups is 1. The second-order valence-electron chi connectivity index (χ2n) is 2.09. The second kappa shape index (κ2) is 4.28. The van der Waals surface area contributed by atoms with Crippen molar-refractivity contribution < 1.29 is 23.4 Å². The summed E-state index contributed by atoms with van der Waals surface area (Å²) in [7, 11) is -2.35. The Hall–Kier alpha value is -0.800. The standard InChI is InChI=1S/C6H9O5P/c1-2-3-10-12(8)5-4-9-6(7)11-5/h2,5,12H,1,3-4H2. The van der Waals surface area contributed by atoms with Gasteiger partial charge in [0.25, 0.3) is 0 Å². The van der Waals surface area contributed by atoms with Crippen molar-refractivity contribution in [1.82, 2.24) is 0 Å². The minimum Gasteiger partial charge on any atom is -0.430 e. The van der Waals surface area contributed by atoms with Gasteiger partial charge in [0.2, 0.25) is 13.9 Å². The van der Waals surface area contributed by atoms with Crippen LogP contribution in [0.2, 0.25) is 0 Å². The van der Waals surface area contributed by atoms with Gasteiger partial charge in [0.1, 0.15) is 6.61 Å². The zero-order valence-electron chi connectivity index (χ0n) is 6.32. The molecule has 0 saturated carbocycles. The number of hydrogen-bond acceptors (Lipinski definition) is 5. The lowest BCUT2D eigenvalue weighted by atomic mass is 10.7. The van der Waals surface area contributed by atoms with Gasteiger partial charge in [0.15, 0.2) is 0 Å². The quantitative estimate of drug-likeness (QED) is 0.380. The third kappa shape index (κ3) is 2.36. The monoisotopic (exact) mass is 192 g/mol. The first kappa shape index (κ1) is 9.29. The first-order chi connectivity index (χ1) is 5.74. The van der Waals surface area contributed by atoms with E-state index in [1.165, 1.54) is 6.08 Å². The van der Waals surface area contributed by atoms with Gasteiger partial charge in [-0.05, 0) is 0 Å². The molecule has 0 bridgehead atoms. The molecule has 0 amide bonds. The van der Waals surface area contributed by atoms with Crippen molar-refractivity contribution in [3.8, 4) is 0 Å². The van der Waals surface area contributed by atoms with Crippen molar-refractivity contribution >= 4 is 14.2 Å². The molecule has 0 radical (unpaired) electrons. The van der Waals surface area contributed by atoms with Gasteiger partial charge in [-0.2, -0.15) is 0 Å². The van der Waals surface area contributed by atoms with E-state index >= 15 is 0 Å². The summed E-state index contributed by atoms with van der Waals surface area (Å²) in [5.74, 6) is -0.734. The maximum absolute atomic E-state index is 11.1. The summed E-state index contributed by atoms with van der Waals surface area (Å²) in [6.45, 7) is 3.58. The van der Waals surface area contributed by atoms with E-state index < -0.39 is 20.0 Å². The Balaban J connectivity index is 2.32. The Labute approximate surface area is 70.2 Å². The molecule has 6 heteroatoms. The number of rotatable bonds is 4. The van der Waals surface area contributed by atoms with Crippen LogP contribution in [-0.2, 0) is 18.6 Å². The molecule has 68 valence electrons. The largest absolute Gasteiger partial charge is 0.509 e. The lowest BCUT2D eigenvalue weighted by molar-refractivity contribution is 0.126. The Morgan fingerprint density at radius 3 is 3.08 bits per heavy atom. The van der Waals surface area contributed by atoms with Crippen molar-refractivity contribution in [2.24, 2.45) is 0 Å². The van der Waals surface area contributed by atoms with Gasteiger partial charge < -0.3 is 14.0 Å². The fraction of sp³-hybridized carbons (Fsp3) is 0.500. The zero-order chi connectivity index (χ0) is 8.97. The van der Waals surface area contributed by atoms with Crippen LogP contribution in [0.1, 0.15) is 0 Å². The highest BCUT2D eigenvalue weighted by Crippen LogP contribution is 2.33. The van der Waals surface area contributed by atoms with Gasteiger partial charge in [-0.25, -0.2) is 4.79 Å². The van der Waals surface area contributed by atoms with E-state index in [4.69, 9.17) is 4.52 Å². The molecule has 2 atom stereocenters. The molecule has 2 unspecified atom stereocenters. The lowest BCUT2D eigenvalue weighted by Crippen LogP contribution is -2.05. The van der Waals surface area contributed by atoms with Gasteiger partial charge in [0.05, 0.1) is 6.61 Å². The summed E-state index contributed by atoms with van der Waals surface area (Å²) >= 11 is 0. The predicted molar refractivity (Wildman–Crippen MR) is 41.4 cm³/mol. The zero-order valence-corrected chi connectivity index (χ0v) is 7.32. The molecule has 0 spiro atoms. The molecule has 5 nitrogen and oxygen atoms in total. The van der Waals surface area contributed by atoms with Gasteiger partial charge in [0, 0.05) is 0 Å². The molecular formula is C6H9O5P. The summed E-state index contributed by atoms with van der Waals surface area (Å²) in [6, 6.07) is 0. The Morgan fingerprint density at radius 2 is 2.58 bits per heavy atom. The number of carbonyl (C=O) groups excluding carboxylic acids is 1. The highest BCUT2D eigenvalue weighted by Gasteiger charge is 2.30. The van der Waals surface area contributed by atoms with Crippen LogP contribution >= 0.6 is 8.03 Å². The first-order valence-electron chi connectivity index (χ1n) is 3.35. The highest BCUT2D eigenvalue weighted by atomic mass is 31.1. The molecule has 1 heterocycles. The molecule has 1 fully saturated rings. The predicted octanol–water partition coefficient (Wildman–Crippen LogP) is 1.16. The van der Waals surface area contributed by atoms with Crippen LogP contribution in [0.4, 0.5) is 4.79 Å². The fourth-order valence-electron chi connectivity index (χ4n) is 0.678. The average molecular weight is 192 g/mol. The molecule has 0 N–H and O–H groups in total. The molecule has 0 aliphatic carbocycles. The lowest BCUT2D eigenvalue weighted by Gasteiger charge is -2.04. The molecule has 0 aromatic carbocycles. The third-order valence-electron chi connectivity index (χ3n) is 1.20. The van der Waals surface area contributed by atoms with Crippen molar-refractivity contribution in [3.05, 3.63) is 12.7 Å². The van der Waals surface area contributed by atoms with E-state index in [0.29, 0.717) is 0 Å². The molecule has 1 aliphatic heterocycles. The summed E-state index contributed by atoms with van der Waals surface area (Å²) in [4.78, 5) is 10.4. The fourth-order valence-corrected chi connectivity index (χ4v) is 1.56. The minimum absolute atomic E-state index is 0.00771. The van der Waals surface area contributed by atoms with E-state index in [2.05, 4.69) is 16.1 Å².